The third-order valence-corrected chi connectivity index (χ3v) is 4.23. The molecule has 0 aliphatic carbocycles. The van der Waals surface area contributed by atoms with Crippen LogP contribution in [0.5, 0.6) is 0 Å². The summed E-state index contributed by atoms with van der Waals surface area (Å²) in [5.41, 5.74) is 2.41. The van der Waals surface area contributed by atoms with Crippen molar-refractivity contribution >= 4 is 17.3 Å². The van der Waals surface area contributed by atoms with Gasteiger partial charge in [0.05, 0.1) is 12.6 Å². The van der Waals surface area contributed by atoms with Crippen LogP contribution in [0.4, 0.5) is 5.69 Å². The summed E-state index contributed by atoms with van der Waals surface area (Å²) < 4.78 is 0. The number of rotatable bonds is 5. The van der Waals surface area contributed by atoms with Gasteiger partial charge in [0.2, 0.25) is 0 Å². The zero-order valence-electron chi connectivity index (χ0n) is 11.7. The SMILES string of the molecule is CCNCc1ccc(Cl)cc1N1CCC(C)C1CO. The van der Waals surface area contributed by atoms with E-state index >= 15 is 0 Å². The number of hydrogen-bond acceptors (Lipinski definition) is 3. The van der Waals surface area contributed by atoms with Crippen LogP contribution in [0.15, 0.2) is 18.2 Å². The number of nitrogens with one attached hydrogen (secondary N) is 1. The molecule has 4 heteroatoms. The van der Waals surface area contributed by atoms with Crippen LogP contribution >= 0.6 is 11.6 Å². The predicted molar refractivity (Wildman–Crippen MR) is 80.8 cm³/mol. The van der Waals surface area contributed by atoms with Crippen LogP contribution in [-0.2, 0) is 6.54 Å². The largest absolute Gasteiger partial charge is 0.394 e. The second-order valence-corrected chi connectivity index (χ2v) is 5.70. The predicted octanol–water partition coefficient (Wildman–Crippen LogP) is 2.66. The average Bonchev–Trinajstić information content (AvgIpc) is 2.78. The van der Waals surface area contributed by atoms with Gasteiger partial charge in [-0.25, -0.2) is 0 Å². The maximum Gasteiger partial charge on any atom is 0.0637 e. The molecule has 1 fully saturated rings. The van der Waals surface area contributed by atoms with Gasteiger partial charge in [0.25, 0.3) is 0 Å². The van der Waals surface area contributed by atoms with Gasteiger partial charge in [-0.05, 0) is 36.6 Å². The lowest BCUT2D eigenvalue weighted by Gasteiger charge is -2.29. The fourth-order valence-electron chi connectivity index (χ4n) is 2.80. The van der Waals surface area contributed by atoms with Crippen LogP contribution < -0.4 is 10.2 Å². The van der Waals surface area contributed by atoms with E-state index in [0.717, 1.165) is 36.8 Å². The second-order valence-electron chi connectivity index (χ2n) is 5.26. The van der Waals surface area contributed by atoms with E-state index in [1.54, 1.807) is 0 Å². The molecule has 2 rings (SSSR count). The summed E-state index contributed by atoms with van der Waals surface area (Å²) in [5.74, 6) is 0.524. The molecule has 1 aromatic carbocycles. The Balaban J connectivity index is 2.28. The third kappa shape index (κ3) is 3.22. The van der Waals surface area contributed by atoms with Crippen LogP contribution in [0.25, 0.3) is 0 Å². The Morgan fingerprint density at radius 1 is 1.47 bits per heavy atom. The Morgan fingerprint density at radius 3 is 2.95 bits per heavy atom. The van der Waals surface area contributed by atoms with Crippen LogP contribution in [0, 0.1) is 5.92 Å². The molecular formula is C15H23ClN2O. The molecule has 0 bridgehead atoms. The Bertz CT molecular complexity index is 425. The monoisotopic (exact) mass is 282 g/mol. The fourth-order valence-corrected chi connectivity index (χ4v) is 2.97. The first kappa shape index (κ1) is 14.6. The Labute approximate surface area is 120 Å². The first-order chi connectivity index (χ1) is 9.17. The average molecular weight is 283 g/mol. The zero-order chi connectivity index (χ0) is 13.8. The summed E-state index contributed by atoms with van der Waals surface area (Å²) in [4.78, 5) is 2.31. The van der Waals surface area contributed by atoms with Gasteiger partial charge in [0.1, 0.15) is 0 Å². The number of hydrogen-bond donors (Lipinski definition) is 2. The van der Waals surface area contributed by atoms with E-state index in [1.165, 1.54) is 5.56 Å². The summed E-state index contributed by atoms with van der Waals surface area (Å²) in [6.07, 6.45) is 1.12. The van der Waals surface area contributed by atoms with Crippen molar-refractivity contribution in [3.63, 3.8) is 0 Å². The fraction of sp³-hybridized carbons (Fsp3) is 0.600. The van der Waals surface area contributed by atoms with Crippen molar-refractivity contribution in [3.8, 4) is 0 Å². The molecule has 0 aromatic heterocycles. The molecule has 0 amide bonds. The lowest BCUT2D eigenvalue weighted by molar-refractivity contribution is 0.244. The zero-order valence-corrected chi connectivity index (χ0v) is 12.5. The van der Waals surface area contributed by atoms with Crippen LogP contribution in [0.1, 0.15) is 25.8 Å². The van der Waals surface area contributed by atoms with Gasteiger partial charge in [-0.1, -0.05) is 31.5 Å². The van der Waals surface area contributed by atoms with Crippen LogP contribution in [0.3, 0.4) is 0 Å². The van der Waals surface area contributed by atoms with Crippen molar-refractivity contribution in [1.29, 1.82) is 0 Å². The van der Waals surface area contributed by atoms with E-state index in [4.69, 9.17) is 11.6 Å². The molecule has 1 saturated heterocycles. The molecule has 1 aliphatic rings. The lowest BCUT2D eigenvalue weighted by Crippen LogP contribution is -2.36. The maximum atomic E-state index is 9.61. The Kier molecular flexibility index (Phi) is 5.08. The minimum Gasteiger partial charge on any atom is -0.394 e. The van der Waals surface area contributed by atoms with Gasteiger partial charge in [0.15, 0.2) is 0 Å². The number of nitrogens with zero attached hydrogens (tertiary/aromatic N) is 1. The molecule has 2 N–H and O–H groups in total. The summed E-state index contributed by atoms with van der Waals surface area (Å²) in [6.45, 7) is 7.29. The molecule has 1 aromatic rings. The molecule has 2 atom stereocenters. The van der Waals surface area contributed by atoms with Crippen molar-refractivity contribution < 1.29 is 5.11 Å². The number of aliphatic hydroxyl groups is 1. The van der Waals surface area contributed by atoms with Gasteiger partial charge >= 0.3 is 0 Å². The summed E-state index contributed by atoms with van der Waals surface area (Å²) in [6, 6.07) is 6.25. The standard InChI is InChI=1S/C15H23ClN2O/c1-3-17-9-12-4-5-13(16)8-14(12)18-7-6-11(2)15(18)10-19/h4-5,8,11,15,17,19H,3,6-7,9-10H2,1-2H3. The molecule has 106 valence electrons. The molecular weight excluding hydrogens is 260 g/mol. The van der Waals surface area contributed by atoms with Crippen molar-refractivity contribution in [2.24, 2.45) is 5.92 Å². The molecule has 1 heterocycles. The van der Waals surface area contributed by atoms with Gasteiger partial charge in [-0.15, -0.1) is 0 Å². The highest BCUT2D eigenvalue weighted by atomic mass is 35.5. The van der Waals surface area contributed by atoms with E-state index in [1.807, 2.05) is 12.1 Å². The van der Waals surface area contributed by atoms with Crippen molar-refractivity contribution in [2.45, 2.75) is 32.9 Å². The molecule has 3 nitrogen and oxygen atoms in total. The first-order valence-corrected chi connectivity index (χ1v) is 7.41. The maximum absolute atomic E-state index is 9.61. The summed E-state index contributed by atoms with van der Waals surface area (Å²) in [5, 5.41) is 13.7. The molecule has 19 heavy (non-hydrogen) atoms. The minimum absolute atomic E-state index is 0.203. The van der Waals surface area contributed by atoms with Gasteiger partial charge in [-0.3, -0.25) is 0 Å². The van der Waals surface area contributed by atoms with E-state index in [2.05, 4.69) is 30.1 Å². The lowest BCUT2D eigenvalue weighted by atomic mass is 10.0. The number of anilines is 1. The quantitative estimate of drug-likeness (QED) is 0.872. The molecule has 0 spiro atoms. The Morgan fingerprint density at radius 2 is 2.26 bits per heavy atom. The summed E-state index contributed by atoms with van der Waals surface area (Å²) >= 11 is 6.15. The summed E-state index contributed by atoms with van der Waals surface area (Å²) in [7, 11) is 0. The van der Waals surface area contributed by atoms with E-state index in [9.17, 15) is 5.11 Å². The van der Waals surface area contributed by atoms with E-state index in [0.29, 0.717) is 5.92 Å². The molecule has 0 radical (unpaired) electrons. The van der Waals surface area contributed by atoms with Crippen LogP contribution in [-0.4, -0.2) is 30.8 Å². The normalized spacial score (nSPS) is 23.1. The highest BCUT2D eigenvalue weighted by Crippen LogP contribution is 2.33. The highest BCUT2D eigenvalue weighted by molar-refractivity contribution is 6.30. The van der Waals surface area contributed by atoms with E-state index < -0.39 is 0 Å². The van der Waals surface area contributed by atoms with Crippen molar-refractivity contribution in [3.05, 3.63) is 28.8 Å². The second kappa shape index (κ2) is 6.60. The number of benzene rings is 1. The molecule has 2 unspecified atom stereocenters. The van der Waals surface area contributed by atoms with Gasteiger partial charge in [0, 0.05) is 23.8 Å². The smallest absolute Gasteiger partial charge is 0.0637 e. The molecule has 0 saturated carbocycles. The topological polar surface area (TPSA) is 35.5 Å². The van der Waals surface area contributed by atoms with Crippen molar-refractivity contribution in [2.75, 3.05) is 24.6 Å². The number of halogens is 1. The first-order valence-electron chi connectivity index (χ1n) is 7.04. The highest BCUT2D eigenvalue weighted by Gasteiger charge is 2.31. The van der Waals surface area contributed by atoms with Crippen molar-refractivity contribution in [1.82, 2.24) is 5.32 Å². The number of aliphatic hydroxyl groups excluding tert-OH is 1. The Hall–Kier alpha value is -0.770. The molecule has 1 aliphatic heterocycles. The van der Waals surface area contributed by atoms with Crippen LogP contribution in [0.2, 0.25) is 5.02 Å². The van der Waals surface area contributed by atoms with E-state index in [-0.39, 0.29) is 12.6 Å². The third-order valence-electron chi connectivity index (χ3n) is 3.99. The minimum atomic E-state index is 0.203. The van der Waals surface area contributed by atoms with Gasteiger partial charge < -0.3 is 15.3 Å². The van der Waals surface area contributed by atoms with Gasteiger partial charge in [-0.2, -0.15) is 0 Å².